The van der Waals surface area contributed by atoms with Gasteiger partial charge in [0.1, 0.15) is 20.1 Å². The second-order valence-corrected chi connectivity index (χ2v) is 15.2. The molecule has 206 valence electrons. The first-order valence-corrected chi connectivity index (χ1v) is 16.3. The number of sulfonamides is 1. The molecule has 0 saturated carbocycles. The molecule has 1 aromatic rings. The van der Waals surface area contributed by atoms with Gasteiger partial charge in [-0.25, -0.2) is 16.8 Å². The Morgan fingerprint density at radius 3 is 2.25 bits per heavy atom. The van der Waals surface area contributed by atoms with Gasteiger partial charge in [-0.2, -0.15) is 4.72 Å². The summed E-state index contributed by atoms with van der Waals surface area (Å²) >= 11 is 0.709. The minimum atomic E-state index is -4.25. The van der Waals surface area contributed by atoms with Gasteiger partial charge in [-0.05, 0) is 66.0 Å². The third-order valence-corrected chi connectivity index (χ3v) is 13.3. The molecule has 9 nitrogen and oxygen atoms in total. The van der Waals surface area contributed by atoms with Crippen LogP contribution < -0.4 is 10.0 Å². The van der Waals surface area contributed by atoms with Crippen molar-refractivity contribution >= 4 is 42.8 Å². The van der Waals surface area contributed by atoms with Gasteiger partial charge in [0, 0.05) is 11.6 Å². The Balaban J connectivity index is 2.42. The topological polar surface area (TPSA) is 136 Å². The molecule has 0 fully saturated rings. The maximum absolute atomic E-state index is 13.5. The Morgan fingerprint density at radius 2 is 1.78 bits per heavy atom. The smallest absolute Gasteiger partial charge is 0.251 e. The first-order valence-electron chi connectivity index (χ1n) is 12.4. The van der Waals surface area contributed by atoms with Crippen LogP contribution in [0.5, 0.6) is 0 Å². The highest BCUT2D eigenvalue weighted by Gasteiger charge is 2.45. The van der Waals surface area contributed by atoms with E-state index in [1.54, 1.807) is 27.7 Å². The maximum Gasteiger partial charge on any atom is 0.251 e. The van der Waals surface area contributed by atoms with E-state index in [0.29, 0.717) is 42.7 Å². The molecule has 12 heteroatoms. The van der Waals surface area contributed by atoms with E-state index in [2.05, 4.69) is 10.0 Å². The minimum absolute atomic E-state index is 0.0472. The lowest BCUT2D eigenvalue weighted by atomic mass is 9.89. The van der Waals surface area contributed by atoms with Crippen LogP contribution in [0.3, 0.4) is 0 Å². The summed E-state index contributed by atoms with van der Waals surface area (Å²) in [4.78, 5) is 25.7. The second-order valence-electron chi connectivity index (χ2n) is 9.68. The highest BCUT2D eigenvalue weighted by molar-refractivity contribution is 7.95. The van der Waals surface area contributed by atoms with Gasteiger partial charge < -0.3 is 10.1 Å². The van der Waals surface area contributed by atoms with E-state index in [4.69, 9.17) is 4.74 Å². The number of carbonyl (C=O) groups is 2. The number of thiophene rings is 1. The van der Waals surface area contributed by atoms with Gasteiger partial charge in [-0.3, -0.25) is 9.59 Å². The fourth-order valence-corrected chi connectivity index (χ4v) is 10.1. The monoisotopic (exact) mass is 564 g/mol. The molecule has 0 aliphatic carbocycles. The van der Waals surface area contributed by atoms with Crippen LogP contribution in [0.15, 0.2) is 14.5 Å². The molecule has 0 aromatic carbocycles. The van der Waals surface area contributed by atoms with Gasteiger partial charge in [-0.1, -0.05) is 27.7 Å². The van der Waals surface area contributed by atoms with Crippen molar-refractivity contribution < 1.29 is 31.2 Å². The third kappa shape index (κ3) is 5.78. The molecule has 1 aliphatic heterocycles. The minimum Gasteiger partial charge on any atom is -0.356 e. The molecule has 2 N–H and O–H groups in total. The molecule has 4 atom stereocenters. The number of rotatable bonds is 13. The fourth-order valence-electron chi connectivity index (χ4n) is 4.65. The molecular formula is C24H40N2O7S3. The van der Waals surface area contributed by atoms with Gasteiger partial charge in [0.05, 0.1) is 10.8 Å². The lowest BCUT2D eigenvalue weighted by Crippen LogP contribution is -2.56. The first kappa shape index (κ1) is 31.0. The Morgan fingerprint density at radius 1 is 1.19 bits per heavy atom. The van der Waals surface area contributed by atoms with E-state index in [9.17, 15) is 26.4 Å². The van der Waals surface area contributed by atoms with Gasteiger partial charge >= 0.3 is 0 Å². The number of fused-ring (bicyclic) bond motifs is 1. The van der Waals surface area contributed by atoms with Gasteiger partial charge in [0.15, 0.2) is 21.4 Å². The van der Waals surface area contributed by atoms with Crippen LogP contribution in [-0.4, -0.2) is 57.4 Å². The average molecular weight is 565 g/mol. The second kappa shape index (κ2) is 11.3. The van der Waals surface area contributed by atoms with Crippen LogP contribution in [0.2, 0.25) is 0 Å². The number of carbonyl (C=O) groups excluding carboxylic acids is 2. The summed E-state index contributed by atoms with van der Waals surface area (Å²) in [7, 11) is -7.90. The van der Waals surface area contributed by atoms with Gasteiger partial charge in [0.2, 0.25) is 0 Å². The largest absolute Gasteiger partial charge is 0.356 e. The lowest BCUT2D eigenvalue weighted by Gasteiger charge is -2.36. The van der Waals surface area contributed by atoms with Crippen molar-refractivity contribution in [3.05, 3.63) is 11.6 Å². The molecule has 0 radical (unpaired) electrons. The maximum atomic E-state index is 13.5. The van der Waals surface area contributed by atoms with Crippen LogP contribution in [0.4, 0.5) is 0 Å². The number of Topliss-reactive ketones (excluding diaryl/α,β-unsaturated/α-hetero) is 2. The quantitative estimate of drug-likeness (QED) is 0.371. The zero-order valence-corrected chi connectivity index (χ0v) is 24.9. The molecule has 0 bridgehead atoms. The summed E-state index contributed by atoms with van der Waals surface area (Å²) in [5, 5.41) is 2.59. The van der Waals surface area contributed by atoms with E-state index < -0.39 is 48.1 Å². The summed E-state index contributed by atoms with van der Waals surface area (Å²) in [6.45, 7) is 13.8. The van der Waals surface area contributed by atoms with E-state index in [-0.39, 0.29) is 26.7 Å². The Labute approximate surface area is 219 Å². The summed E-state index contributed by atoms with van der Waals surface area (Å²) in [5.74, 6) is -0.699. The van der Waals surface area contributed by atoms with Crippen molar-refractivity contribution in [2.45, 2.75) is 118 Å². The van der Waals surface area contributed by atoms with Crippen molar-refractivity contribution in [1.82, 2.24) is 10.0 Å². The van der Waals surface area contributed by atoms with Crippen LogP contribution in [0.1, 0.15) is 92.7 Å². The predicted molar refractivity (Wildman–Crippen MR) is 141 cm³/mol. The number of hydrogen-bond donors (Lipinski definition) is 2. The molecule has 36 heavy (non-hydrogen) atoms. The number of nitrogens with one attached hydrogen (secondary N) is 2. The van der Waals surface area contributed by atoms with Crippen molar-refractivity contribution in [2.75, 3.05) is 6.54 Å². The summed E-state index contributed by atoms with van der Waals surface area (Å²) in [5.41, 5.74) is -2.21. The fraction of sp³-hybridized carbons (Fsp3) is 0.750. The number of sulfone groups is 1. The van der Waals surface area contributed by atoms with Crippen LogP contribution in [-0.2, 0) is 34.2 Å². The normalized spacial score (nSPS) is 22.4. The van der Waals surface area contributed by atoms with E-state index in [0.717, 1.165) is 0 Å². The summed E-state index contributed by atoms with van der Waals surface area (Å²) < 4.78 is 61.2. The van der Waals surface area contributed by atoms with E-state index in [1.807, 2.05) is 6.92 Å². The standard InChI is InChI=1S/C24H40N2O7S3/c1-9-23(8,21(28)16(6)33-24(10-2,11-3)17(7)27)26-36(31,32)20-14-18-19(25-12-4)13-15(5)35(29,30)22(18)34-20/h14-16,19,25-26H,9-13H2,1-8H3/t15-,16+,19-,23?/m0/s1. The van der Waals surface area contributed by atoms with Crippen molar-refractivity contribution in [2.24, 2.45) is 0 Å². The molecule has 2 heterocycles. The Bertz CT molecular complexity index is 1190. The molecular weight excluding hydrogens is 524 g/mol. The van der Waals surface area contributed by atoms with Gasteiger partial charge in [-0.15, -0.1) is 11.3 Å². The first-order chi connectivity index (χ1) is 16.5. The molecule has 2 rings (SSSR count). The molecule has 1 aliphatic rings. The molecule has 0 saturated heterocycles. The summed E-state index contributed by atoms with van der Waals surface area (Å²) in [6.07, 6.45) is 0.193. The molecule has 1 unspecified atom stereocenters. The van der Waals surface area contributed by atoms with Gasteiger partial charge in [0.25, 0.3) is 10.0 Å². The van der Waals surface area contributed by atoms with Crippen molar-refractivity contribution in [3.63, 3.8) is 0 Å². The highest BCUT2D eigenvalue weighted by Crippen LogP contribution is 2.43. The number of ether oxygens (including phenoxy) is 1. The SMILES string of the molecule is CCN[C@H]1C[C@H](C)S(=O)(=O)c2sc(S(=O)(=O)NC(C)(CC)C(=O)[C@@H](C)OC(CC)(CC)C(C)=O)cc21. The van der Waals surface area contributed by atoms with E-state index >= 15 is 0 Å². The average Bonchev–Trinajstić information content (AvgIpc) is 3.28. The number of ketones is 2. The zero-order chi connectivity index (χ0) is 27.7. The van der Waals surface area contributed by atoms with Crippen molar-refractivity contribution in [1.29, 1.82) is 0 Å². The van der Waals surface area contributed by atoms with Crippen LogP contribution in [0.25, 0.3) is 0 Å². The summed E-state index contributed by atoms with van der Waals surface area (Å²) in [6, 6.07) is 1.12. The Kier molecular flexibility index (Phi) is 9.73. The zero-order valence-electron chi connectivity index (χ0n) is 22.4. The van der Waals surface area contributed by atoms with E-state index in [1.165, 1.54) is 26.8 Å². The molecule has 0 spiro atoms. The highest BCUT2D eigenvalue weighted by atomic mass is 32.3. The predicted octanol–water partition coefficient (Wildman–Crippen LogP) is 3.53. The van der Waals surface area contributed by atoms with Crippen LogP contribution >= 0.6 is 11.3 Å². The third-order valence-electron chi connectivity index (χ3n) is 7.31. The lowest BCUT2D eigenvalue weighted by molar-refractivity contribution is -0.161. The molecule has 0 amide bonds. The van der Waals surface area contributed by atoms with Crippen LogP contribution in [0, 0.1) is 0 Å². The molecule has 1 aromatic heterocycles. The number of hydrogen-bond acceptors (Lipinski definition) is 9. The Hall–Kier alpha value is -1.18. The van der Waals surface area contributed by atoms with Crippen molar-refractivity contribution in [3.8, 4) is 0 Å².